The molecule has 0 amide bonds. The molecule has 1 heterocycles. The van der Waals surface area contributed by atoms with E-state index in [1.165, 1.54) is 7.11 Å². The highest BCUT2D eigenvalue weighted by Crippen LogP contribution is 2.32. The van der Waals surface area contributed by atoms with Crippen LogP contribution in [0.15, 0.2) is 60.7 Å². The number of para-hydroxylation sites is 2. The summed E-state index contributed by atoms with van der Waals surface area (Å²) >= 11 is 0. The topological polar surface area (TPSA) is 53.4 Å². The van der Waals surface area contributed by atoms with Gasteiger partial charge in [-0.3, -0.25) is 0 Å². The van der Waals surface area contributed by atoms with Crippen molar-refractivity contribution >= 4 is 5.97 Å². The van der Waals surface area contributed by atoms with Gasteiger partial charge in [0.15, 0.2) is 5.69 Å². The van der Waals surface area contributed by atoms with Crippen LogP contribution < -0.4 is 4.74 Å². The number of ether oxygens (including phenoxy) is 2. The van der Waals surface area contributed by atoms with Crippen LogP contribution in [-0.2, 0) is 4.74 Å². The Bertz CT molecular complexity index is 841. The summed E-state index contributed by atoms with van der Waals surface area (Å²) in [4.78, 5) is 11.9. The number of hydrogen-bond donors (Lipinski definition) is 0. The molecule has 1 aromatic heterocycles. The van der Waals surface area contributed by atoms with Gasteiger partial charge in [-0.1, -0.05) is 30.3 Å². The fourth-order valence-corrected chi connectivity index (χ4v) is 2.50. The predicted molar refractivity (Wildman–Crippen MR) is 91.5 cm³/mol. The molecule has 3 aromatic rings. The Labute approximate surface area is 140 Å². The Kier molecular flexibility index (Phi) is 4.61. The molecule has 0 aliphatic carbocycles. The molecule has 24 heavy (non-hydrogen) atoms. The van der Waals surface area contributed by atoms with E-state index in [4.69, 9.17) is 9.47 Å². The largest absolute Gasteiger partial charge is 0.493 e. The molecule has 2 aromatic carbocycles. The summed E-state index contributed by atoms with van der Waals surface area (Å²) in [5.41, 5.74) is 2.74. The van der Waals surface area contributed by atoms with Gasteiger partial charge in [0.05, 0.1) is 25.1 Å². The summed E-state index contributed by atoms with van der Waals surface area (Å²) < 4.78 is 12.3. The van der Waals surface area contributed by atoms with Gasteiger partial charge in [-0.25, -0.2) is 9.48 Å². The number of nitrogens with zero attached hydrogens (tertiary/aromatic N) is 2. The van der Waals surface area contributed by atoms with Gasteiger partial charge in [0.2, 0.25) is 0 Å². The Morgan fingerprint density at radius 3 is 2.50 bits per heavy atom. The molecule has 0 unspecified atom stereocenters. The molecule has 0 saturated heterocycles. The fraction of sp³-hybridized carbons (Fsp3) is 0.158. The van der Waals surface area contributed by atoms with E-state index in [9.17, 15) is 4.79 Å². The third-order valence-corrected chi connectivity index (χ3v) is 3.57. The van der Waals surface area contributed by atoms with Crippen LogP contribution in [0.5, 0.6) is 5.75 Å². The van der Waals surface area contributed by atoms with Gasteiger partial charge >= 0.3 is 5.97 Å². The van der Waals surface area contributed by atoms with Gasteiger partial charge < -0.3 is 9.47 Å². The van der Waals surface area contributed by atoms with Crippen LogP contribution in [0.4, 0.5) is 0 Å². The minimum absolute atomic E-state index is 0.252. The minimum atomic E-state index is -0.472. The summed E-state index contributed by atoms with van der Waals surface area (Å²) in [6, 6.07) is 19.1. The lowest BCUT2D eigenvalue weighted by atomic mass is 10.1. The van der Waals surface area contributed by atoms with Crippen molar-refractivity contribution < 1.29 is 14.3 Å². The van der Waals surface area contributed by atoms with E-state index in [1.54, 1.807) is 10.7 Å². The Morgan fingerprint density at radius 2 is 1.79 bits per heavy atom. The maximum absolute atomic E-state index is 11.9. The lowest BCUT2D eigenvalue weighted by molar-refractivity contribution is 0.0593. The smallest absolute Gasteiger partial charge is 0.358 e. The van der Waals surface area contributed by atoms with Gasteiger partial charge in [-0.05, 0) is 37.3 Å². The van der Waals surface area contributed by atoms with E-state index in [0.717, 1.165) is 22.7 Å². The van der Waals surface area contributed by atoms with E-state index in [1.807, 2.05) is 61.5 Å². The maximum Gasteiger partial charge on any atom is 0.358 e. The average molecular weight is 322 g/mol. The molecule has 0 aliphatic heterocycles. The van der Waals surface area contributed by atoms with Crippen molar-refractivity contribution in [2.75, 3.05) is 13.7 Å². The van der Waals surface area contributed by atoms with Crippen molar-refractivity contribution in [1.29, 1.82) is 0 Å². The molecule has 0 saturated carbocycles. The molecule has 122 valence electrons. The molecule has 3 rings (SSSR count). The summed E-state index contributed by atoms with van der Waals surface area (Å²) in [5, 5.41) is 4.42. The molecule has 0 radical (unpaired) electrons. The van der Waals surface area contributed by atoms with Gasteiger partial charge in [-0.15, -0.1) is 0 Å². The monoisotopic (exact) mass is 322 g/mol. The third-order valence-electron chi connectivity index (χ3n) is 3.57. The number of methoxy groups -OCH3 is 1. The van der Waals surface area contributed by atoms with Gasteiger partial charge in [-0.2, -0.15) is 5.10 Å². The Hall–Kier alpha value is -3.08. The molecule has 0 spiro atoms. The summed E-state index contributed by atoms with van der Waals surface area (Å²) in [5.74, 6) is 0.272. The standard InChI is InChI=1S/C19H18N2O3/c1-3-24-18-12-8-7-11-15(18)17-13-16(19(22)23-2)20-21(17)14-9-5-4-6-10-14/h4-13H,3H2,1-2H3. The van der Waals surface area contributed by atoms with Crippen LogP contribution >= 0.6 is 0 Å². The average Bonchev–Trinajstić information content (AvgIpc) is 3.08. The van der Waals surface area contributed by atoms with Crippen LogP contribution in [0, 0.1) is 0 Å². The lowest BCUT2D eigenvalue weighted by Gasteiger charge is -2.12. The highest BCUT2D eigenvalue weighted by Gasteiger charge is 2.19. The van der Waals surface area contributed by atoms with Crippen molar-refractivity contribution in [2.24, 2.45) is 0 Å². The van der Waals surface area contributed by atoms with Crippen molar-refractivity contribution in [1.82, 2.24) is 9.78 Å². The molecular weight excluding hydrogens is 304 g/mol. The number of esters is 1. The second-order valence-electron chi connectivity index (χ2n) is 5.08. The molecule has 0 fully saturated rings. The highest BCUT2D eigenvalue weighted by molar-refractivity contribution is 5.89. The number of rotatable bonds is 5. The first-order chi connectivity index (χ1) is 11.7. The van der Waals surface area contributed by atoms with Crippen LogP contribution in [0.2, 0.25) is 0 Å². The summed E-state index contributed by atoms with van der Waals surface area (Å²) in [6.07, 6.45) is 0. The molecule has 5 nitrogen and oxygen atoms in total. The van der Waals surface area contributed by atoms with Crippen LogP contribution in [0.1, 0.15) is 17.4 Å². The second-order valence-corrected chi connectivity index (χ2v) is 5.08. The first kappa shape index (κ1) is 15.8. The van der Waals surface area contributed by atoms with E-state index >= 15 is 0 Å². The molecule has 0 aliphatic rings. The Balaban J connectivity index is 2.20. The highest BCUT2D eigenvalue weighted by atomic mass is 16.5. The van der Waals surface area contributed by atoms with E-state index in [0.29, 0.717) is 6.61 Å². The summed E-state index contributed by atoms with van der Waals surface area (Å²) in [6.45, 7) is 2.49. The maximum atomic E-state index is 11.9. The molecular formula is C19H18N2O3. The van der Waals surface area contributed by atoms with Crippen LogP contribution in [0.25, 0.3) is 16.9 Å². The van der Waals surface area contributed by atoms with Crippen molar-refractivity contribution in [2.45, 2.75) is 6.92 Å². The normalized spacial score (nSPS) is 10.4. The van der Waals surface area contributed by atoms with Crippen LogP contribution in [-0.4, -0.2) is 29.5 Å². The number of hydrogen-bond acceptors (Lipinski definition) is 4. The SMILES string of the molecule is CCOc1ccccc1-c1cc(C(=O)OC)nn1-c1ccccc1. The van der Waals surface area contributed by atoms with Gasteiger partial charge in [0.25, 0.3) is 0 Å². The second kappa shape index (κ2) is 7.00. The van der Waals surface area contributed by atoms with E-state index < -0.39 is 5.97 Å². The van der Waals surface area contributed by atoms with E-state index in [-0.39, 0.29) is 5.69 Å². The Morgan fingerprint density at radius 1 is 1.08 bits per heavy atom. The van der Waals surface area contributed by atoms with Crippen molar-refractivity contribution in [3.8, 4) is 22.7 Å². The molecule has 0 N–H and O–H groups in total. The zero-order chi connectivity index (χ0) is 16.9. The van der Waals surface area contributed by atoms with Gasteiger partial charge in [0.1, 0.15) is 5.75 Å². The first-order valence-corrected chi connectivity index (χ1v) is 7.70. The zero-order valence-electron chi connectivity index (χ0n) is 13.6. The molecule has 0 atom stereocenters. The summed E-state index contributed by atoms with van der Waals surface area (Å²) in [7, 11) is 1.34. The number of carbonyl (C=O) groups is 1. The zero-order valence-corrected chi connectivity index (χ0v) is 13.6. The number of aromatic nitrogens is 2. The van der Waals surface area contributed by atoms with Crippen molar-refractivity contribution in [3.63, 3.8) is 0 Å². The van der Waals surface area contributed by atoms with Crippen LogP contribution in [0.3, 0.4) is 0 Å². The van der Waals surface area contributed by atoms with Crippen molar-refractivity contribution in [3.05, 3.63) is 66.4 Å². The fourth-order valence-electron chi connectivity index (χ4n) is 2.50. The third kappa shape index (κ3) is 3.01. The quantitative estimate of drug-likeness (QED) is 0.672. The first-order valence-electron chi connectivity index (χ1n) is 7.70. The molecule has 5 heteroatoms. The van der Waals surface area contributed by atoms with E-state index in [2.05, 4.69) is 5.10 Å². The predicted octanol–water partition coefficient (Wildman–Crippen LogP) is 3.72. The lowest BCUT2D eigenvalue weighted by Crippen LogP contribution is -2.04. The molecule has 0 bridgehead atoms. The van der Waals surface area contributed by atoms with Gasteiger partial charge in [0, 0.05) is 5.56 Å². The minimum Gasteiger partial charge on any atom is -0.493 e. The number of carbonyl (C=O) groups excluding carboxylic acids is 1. The number of benzene rings is 2.